The van der Waals surface area contributed by atoms with Crippen molar-refractivity contribution in [1.82, 2.24) is 0 Å². The van der Waals surface area contributed by atoms with Gasteiger partial charge >= 0.3 is 5.97 Å². The number of aromatic nitrogens is 1. The summed E-state index contributed by atoms with van der Waals surface area (Å²) >= 11 is 0. The van der Waals surface area contributed by atoms with Gasteiger partial charge in [-0.05, 0) is 19.9 Å². The molecule has 0 radical (unpaired) electrons. The minimum atomic E-state index is -0.280. The Kier molecular flexibility index (Phi) is 4.29. The Hall–Kier alpha value is -2.16. The third-order valence-corrected chi connectivity index (χ3v) is 2.64. The lowest BCUT2D eigenvalue weighted by Crippen LogP contribution is -2.34. The van der Waals surface area contributed by atoms with E-state index in [1.807, 2.05) is 55.1 Å². The molecular weight excluding hydrogens is 238 g/mol. The number of rotatable bonds is 4. The number of hydrogen-bond donors (Lipinski definition) is 0. The van der Waals surface area contributed by atoms with Gasteiger partial charge in [0, 0.05) is 11.6 Å². The number of pyridine rings is 1. The zero-order valence-electron chi connectivity index (χ0n) is 11.2. The van der Waals surface area contributed by atoms with Gasteiger partial charge in [0.1, 0.15) is 5.56 Å². The van der Waals surface area contributed by atoms with Crippen molar-refractivity contribution in [3.8, 4) is 0 Å². The van der Waals surface area contributed by atoms with Crippen molar-refractivity contribution in [1.29, 1.82) is 0 Å². The highest BCUT2D eigenvalue weighted by atomic mass is 16.5. The maximum atomic E-state index is 11.8. The summed E-state index contributed by atoms with van der Waals surface area (Å²) in [5.41, 5.74) is 1.77. The van der Waals surface area contributed by atoms with E-state index in [9.17, 15) is 4.79 Å². The molecule has 98 valence electrons. The molecule has 0 bridgehead atoms. The van der Waals surface area contributed by atoms with E-state index in [2.05, 4.69) is 12.1 Å². The number of nitrogens with zero attached hydrogens (tertiary/aromatic N) is 1. The molecule has 0 aliphatic carbocycles. The Bertz CT molecular complexity index is 550. The van der Waals surface area contributed by atoms with Crippen LogP contribution >= 0.6 is 0 Å². The van der Waals surface area contributed by atoms with E-state index >= 15 is 0 Å². The Balaban J connectivity index is 2.13. The summed E-state index contributed by atoms with van der Waals surface area (Å²) in [6, 6.07) is 13.8. The van der Waals surface area contributed by atoms with Crippen LogP contribution in [0.4, 0.5) is 0 Å². The van der Waals surface area contributed by atoms with E-state index in [1.54, 1.807) is 6.07 Å². The van der Waals surface area contributed by atoms with Crippen LogP contribution in [0.2, 0.25) is 0 Å². The largest absolute Gasteiger partial charge is 0.459 e. The van der Waals surface area contributed by atoms with Crippen LogP contribution in [-0.4, -0.2) is 12.1 Å². The minimum Gasteiger partial charge on any atom is -0.459 e. The first kappa shape index (κ1) is 13.3. The lowest BCUT2D eigenvalue weighted by Gasteiger charge is -2.06. The fourth-order valence-electron chi connectivity index (χ4n) is 1.82. The quantitative estimate of drug-likeness (QED) is 0.621. The monoisotopic (exact) mass is 256 g/mol. The molecule has 0 spiro atoms. The van der Waals surface area contributed by atoms with Crippen molar-refractivity contribution < 1.29 is 14.1 Å². The van der Waals surface area contributed by atoms with Crippen molar-refractivity contribution in [3.05, 3.63) is 66.0 Å². The van der Waals surface area contributed by atoms with Gasteiger partial charge in [0.2, 0.25) is 0 Å². The molecule has 3 nitrogen and oxygen atoms in total. The van der Waals surface area contributed by atoms with Crippen molar-refractivity contribution in [3.63, 3.8) is 0 Å². The molecule has 2 rings (SSSR count). The highest BCUT2D eigenvalue weighted by Crippen LogP contribution is 2.02. The van der Waals surface area contributed by atoms with Crippen LogP contribution in [0.1, 0.15) is 29.8 Å². The molecule has 1 aromatic carbocycles. The molecule has 3 heteroatoms. The Morgan fingerprint density at radius 1 is 1.16 bits per heavy atom. The van der Waals surface area contributed by atoms with Gasteiger partial charge in [0.25, 0.3) is 0 Å². The third-order valence-electron chi connectivity index (χ3n) is 2.64. The van der Waals surface area contributed by atoms with Crippen LogP contribution in [0.25, 0.3) is 0 Å². The number of esters is 1. The summed E-state index contributed by atoms with van der Waals surface area (Å²) < 4.78 is 7.17. The van der Waals surface area contributed by atoms with Gasteiger partial charge in [-0.1, -0.05) is 30.3 Å². The number of carbonyl (C=O) groups is 1. The summed E-state index contributed by atoms with van der Waals surface area (Å²) in [5, 5.41) is 0. The van der Waals surface area contributed by atoms with Crippen molar-refractivity contribution in [2.24, 2.45) is 0 Å². The van der Waals surface area contributed by atoms with Crippen LogP contribution in [-0.2, 0) is 11.3 Å². The molecule has 0 saturated heterocycles. The van der Waals surface area contributed by atoms with Crippen LogP contribution in [0.3, 0.4) is 0 Å². The topological polar surface area (TPSA) is 30.2 Å². The zero-order valence-corrected chi connectivity index (χ0v) is 11.2. The molecule has 0 N–H and O–H groups in total. The summed E-state index contributed by atoms with van der Waals surface area (Å²) in [6.45, 7) is 4.43. The SMILES string of the molecule is CC(C)OC(=O)c1ccc[n+](Cc2ccccc2)c1. The summed E-state index contributed by atoms with van der Waals surface area (Å²) in [6.07, 6.45) is 3.66. The number of ether oxygens (including phenoxy) is 1. The number of hydrogen-bond acceptors (Lipinski definition) is 2. The van der Waals surface area contributed by atoms with E-state index in [1.165, 1.54) is 5.56 Å². The van der Waals surface area contributed by atoms with Gasteiger partial charge in [-0.25, -0.2) is 4.79 Å². The highest BCUT2D eigenvalue weighted by molar-refractivity contribution is 5.88. The second-order valence-electron chi connectivity index (χ2n) is 4.70. The second kappa shape index (κ2) is 6.14. The summed E-state index contributed by atoms with van der Waals surface area (Å²) in [5.74, 6) is -0.280. The first-order valence-electron chi connectivity index (χ1n) is 6.39. The molecule has 1 heterocycles. The van der Waals surface area contributed by atoms with Crippen molar-refractivity contribution >= 4 is 5.97 Å². The molecule has 0 amide bonds. The van der Waals surface area contributed by atoms with Gasteiger partial charge in [-0.2, -0.15) is 4.57 Å². The van der Waals surface area contributed by atoms with E-state index in [4.69, 9.17) is 4.74 Å². The molecule has 2 aromatic rings. The zero-order chi connectivity index (χ0) is 13.7. The standard InChI is InChI=1S/C16H18NO2/c1-13(2)19-16(18)15-9-6-10-17(12-15)11-14-7-4-3-5-8-14/h3-10,12-13H,11H2,1-2H3/q+1. The van der Waals surface area contributed by atoms with E-state index in [0.29, 0.717) is 5.56 Å². The van der Waals surface area contributed by atoms with Crippen LogP contribution in [0, 0.1) is 0 Å². The Labute approximate surface area is 113 Å². The van der Waals surface area contributed by atoms with Gasteiger partial charge in [-0.3, -0.25) is 0 Å². The lowest BCUT2D eigenvalue weighted by atomic mass is 10.2. The summed E-state index contributed by atoms with van der Waals surface area (Å²) in [4.78, 5) is 11.8. The maximum absolute atomic E-state index is 11.8. The highest BCUT2D eigenvalue weighted by Gasteiger charge is 2.13. The first-order chi connectivity index (χ1) is 9.15. The normalized spacial score (nSPS) is 10.5. The molecular formula is C16H18NO2+. The van der Waals surface area contributed by atoms with E-state index in [0.717, 1.165) is 6.54 Å². The van der Waals surface area contributed by atoms with Crippen molar-refractivity contribution in [2.75, 3.05) is 0 Å². The predicted molar refractivity (Wildman–Crippen MR) is 72.7 cm³/mol. The second-order valence-corrected chi connectivity index (χ2v) is 4.70. The first-order valence-corrected chi connectivity index (χ1v) is 6.39. The van der Waals surface area contributed by atoms with Crippen molar-refractivity contribution in [2.45, 2.75) is 26.5 Å². The van der Waals surface area contributed by atoms with Crippen LogP contribution in [0.5, 0.6) is 0 Å². The van der Waals surface area contributed by atoms with Gasteiger partial charge in [-0.15, -0.1) is 0 Å². The maximum Gasteiger partial charge on any atom is 0.344 e. The minimum absolute atomic E-state index is 0.102. The molecule has 0 unspecified atom stereocenters. The van der Waals surface area contributed by atoms with Gasteiger partial charge in [0.15, 0.2) is 18.9 Å². The molecule has 0 aliphatic rings. The summed E-state index contributed by atoms with van der Waals surface area (Å²) in [7, 11) is 0. The number of carbonyl (C=O) groups excluding carboxylic acids is 1. The average molecular weight is 256 g/mol. The van der Waals surface area contributed by atoms with E-state index in [-0.39, 0.29) is 12.1 Å². The predicted octanol–water partition coefficient (Wildman–Crippen LogP) is 2.59. The smallest absolute Gasteiger partial charge is 0.344 e. The molecule has 0 atom stereocenters. The lowest BCUT2D eigenvalue weighted by molar-refractivity contribution is -0.688. The Morgan fingerprint density at radius 2 is 1.89 bits per heavy atom. The third kappa shape index (κ3) is 3.91. The van der Waals surface area contributed by atoms with Crippen LogP contribution < -0.4 is 4.57 Å². The van der Waals surface area contributed by atoms with Gasteiger partial charge < -0.3 is 4.74 Å². The van der Waals surface area contributed by atoms with E-state index < -0.39 is 0 Å². The molecule has 19 heavy (non-hydrogen) atoms. The van der Waals surface area contributed by atoms with Gasteiger partial charge in [0.05, 0.1) is 6.10 Å². The molecule has 1 aromatic heterocycles. The Morgan fingerprint density at radius 3 is 2.58 bits per heavy atom. The number of benzene rings is 1. The van der Waals surface area contributed by atoms with Crippen LogP contribution in [0.15, 0.2) is 54.9 Å². The molecule has 0 aliphatic heterocycles. The fourth-order valence-corrected chi connectivity index (χ4v) is 1.82. The fraction of sp³-hybridized carbons (Fsp3) is 0.250. The average Bonchev–Trinajstić information content (AvgIpc) is 2.39. The molecule has 0 fully saturated rings. The molecule has 0 saturated carbocycles.